The van der Waals surface area contributed by atoms with Gasteiger partial charge >= 0.3 is 0 Å². The van der Waals surface area contributed by atoms with Crippen molar-refractivity contribution in [2.45, 2.75) is 13.0 Å². The summed E-state index contributed by atoms with van der Waals surface area (Å²) in [5.74, 6) is 0. The Bertz CT molecular complexity index is 490. The highest BCUT2D eigenvalue weighted by molar-refractivity contribution is 6.34. The van der Waals surface area contributed by atoms with Gasteiger partial charge in [-0.05, 0) is 31.7 Å². The average molecular weight is 224 g/mol. The van der Waals surface area contributed by atoms with Crippen LogP contribution in [0.3, 0.4) is 0 Å². The van der Waals surface area contributed by atoms with Gasteiger partial charge in [0.05, 0.1) is 5.52 Å². The van der Waals surface area contributed by atoms with Crippen LogP contribution in [0.1, 0.15) is 18.5 Å². The molecule has 1 aromatic carbocycles. The molecule has 0 aliphatic carbocycles. The number of benzene rings is 1. The van der Waals surface area contributed by atoms with Crippen molar-refractivity contribution in [3.05, 3.63) is 28.9 Å². The second kappa shape index (κ2) is 3.83. The molecule has 0 bridgehead atoms. The molecule has 0 spiro atoms. The predicted molar refractivity (Wildman–Crippen MR) is 63.2 cm³/mol. The highest BCUT2D eigenvalue weighted by Crippen LogP contribution is 2.25. The molecule has 2 aromatic rings. The summed E-state index contributed by atoms with van der Waals surface area (Å²) in [4.78, 5) is 0. The van der Waals surface area contributed by atoms with Crippen molar-refractivity contribution in [2.75, 3.05) is 7.05 Å². The summed E-state index contributed by atoms with van der Waals surface area (Å²) in [7, 11) is 3.85. The molecule has 1 aromatic heterocycles. The standard InChI is InChI=1S/C11H14ClN3/c1-7(13-2)8-4-5-9-10(6-8)15(3)14-11(9)12/h4-7,13H,1-3H3. The first-order valence-electron chi connectivity index (χ1n) is 4.93. The third-order valence-electron chi connectivity index (χ3n) is 2.76. The summed E-state index contributed by atoms with van der Waals surface area (Å²) >= 11 is 6.00. The van der Waals surface area contributed by atoms with Gasteiger partial charge in [0.2, 0.25) is 0 Å². The minimum Gasteiger partial charge on any atom is -0.313 e. The summed E-state index contributed by atoms with van der Waals surface area (Å²) in [5, 5.41) is 8.96. The van der Waals surface area contributed by atoms with Gasteiger partial charge < -0.3 is 5.32 Å². The lowest BCUT2D eigenvalue weighted by atomic mass is 10.1. The Hall–Kier alpha value is -1.06. The summed E-state index contributed by atoms with van der Waals surface area (Å²) in [5.41, 5.74) is 2.31. The van der Waals surface area contributed by atoms with Crippen molar-refractivity contribution in [1.82, 2.24) is 15.1 Å². The van der Waals surface area contributed by atoms with Gasteiger partial charge in [0, 0.05) is 18.5 Å². The van der Waals surface area contributed by atoms with Gasteiger partial charge in [-0.2, -0.15) is 5.10 Å². The monoisotopic (exact) mass is 223 g/mol. The van der Waals surface area contributed by atoms with Gasteiger partial charge in [-0.25, -0.2) is 0 Å². The zero-order valence-corrected chi connectivity index (χ0v) is 9.84. The van der Waals surface area contributed by atoms with Crippen molar-refractivity contribution in [3.8, 4) is 0 Å². The average Bonchev–Trinajstić information content (AvgIpc) is 2.53. The molecule has 80 valence electrons. The number of nitrogens with zero attached hydrogens (tertiary/aromatic N) is 2. The molecule has 15 heavy (non-hydrogen) atoms. The normalized spacial score (nSPS) is 13.3. The number of hydrogen-bond acceptors (Lipinski definition) is 2. The third kappa shape index (κ3) is 1.73. The van der Waals surface area contributed by atoms with Crippen LogP contribution in [-0.4, -0.2) is 16.8 Å². The molecule has 0 aliphatic rings. The molecular weight excluding hydrogens is 210 g/mol. The number of aryl methyl sites for hydroxylation is 1. The summed E-state index contributed by atoms with van der Waals surface area (Å²) < 4.78 is 1.81. The summed E-state index contributed by atoms with van der Waals surface area (Å²) in [6.07, 6.45) is 0. The molecule has 0 radical (unpaired) electrons. The van der Waals surface area contributed by atoms with Gasteiger partial charge in [0.1, 0.15) is 0 Å². The molecule has 1 N–H and O–H groups in total. The fourth-order valence-electron chi connectivity index (χ4n) is 1.67. The molecule has 0 saturated heterocycles. The van der Waals surface area contributed by atoms with Crippen LogP contribution in [0.4, 0.5) is 0 Å². The number of hydrogen-bond donors (Lipinski definition) is 1. The number of rotatable bonds is 2. The molecule has 0 aliphatic heterocycles. The molecule has 0 amide bonds. The van der Waals surface area contributed by atoms with Crippen LogP contribution >= 0.6 is 11.6 Å². The quantitative estimate of drug-likeness (QED) is 0.848. The second-order valence-corrected chi connectivity index (χ2v) is 4.06. The molecule has 0 fully saturated rings. The Labute approximate surface area is 94.0 Å². The van der Waals surface area contributed by atoms with E-state index in [0.29, 0.717) is 11.2 Å². The number of fused-ring (bicyclic) bond motifs is 1. The van der Waals surface area contributed by atoms with E-state index in [1.807, 2.05) is 24.8 Å². The van der Waals surface area contributed by atoms with Gasteiger partial charge in [0.25, 0.3) is 0 Å². The van der Waals surface area contributed by atoms with E-state index in [9.17, 15) is 0 Å². The van der Waals surface area contributed by atoms with E-state index in [-0.39, 0.29) is 0 Å². The summed E-state index contributed by atoms with van der Waals surface area (Å²) in [6, 6.07) is 6.56. The van der Waals surface area contributed by atoms with Crippen LogP contribution in [0.25, 0.3) is 10.9 Å². The van der Waals surface area contributed by atoms with Crippen LogP contribution in [0.5, 0.6) is 0 Å². The van der Waals surface area contributed by atoms with E-state index in [1.165, 1.54) is 5.56 Å². The smallest absolute Gasteiger partial charge is 0.158 e. The molecule has 3 nitrogen and oxygen atoms in total. The first-order valence-corrected chi connectivity index (χ1v) is 5.30. The van der Waals surface area contributed by atoms with Crippen LogP contribution < -0.4 is 5.32 Å². The Kier molecular flexibility index (Phi) is 2.67. The molecule has 4 heteroatoms. The van der Waals surface area contributed by atoms with E-state index in [4.69, 9.17) is 11.6 Å². The Morgan fingerprint density at radius 1 is 1.47 bits per heavy atom. The minimum absolute atomic E-state index is 0.336. The molecule has 1 atom stereocenters. The van der Waals surface area contributed by atoms with Crippen LogP contribution in [0.2, 0.25) is 5.15 Å². The maximum atomic E-state index is 6.00. The molecule has 0 saturated carbocycles. The number of halogens is 1. The van der Waals surface area contributed by atoms with Crippen molar-refractivity contribution < 1.29 is 0 Å². The van der Waals surface area contributed by atoms with E-state index in [0.717, 1.165) is 10.9 Å². The topological polar surface area (TPSA) is 29.9 Å². The Balaban J connectivity index is 2.60. The highest BCUT2D eigenvalue weighted by atomic mass is 35.5. The molecule has 1 heterocycles. The lowest BCUT2D eigenvalue weighted by Gasteiger charge is -2.10. The molecule has 2 rings (SSSR count). The van der Waals surface area contributed by atoms with E-state index in [1.54, 1.807) is 0 Å². The third-order valence-corrected chi connectivity index (χ3v) is 3.04. The van der Waals surface area contributed by atoms with Crippen molar-refractivity contribution >= 4 is 22.5 Å². The Morgan fingerprint density at radius 2 is 2.20 bits per heavy atom. The highest BCUT2D eigenvalue weighted by Gasteiger charge is 2.09. The van der Waals surface area contributed by atoms with E-state index in [2.05, 4.69) is 29.5 Å². The zero-order valence-electron chi connectivity index (χ0n) is 9.08. The van der Waals surface area contributed by atoms with Gasteiger partial charge in [-0.15, -0.1) is 0 Å². The van der Waals surface area contributed by atoms with Gasteiger partial charge in [-0.1, -0.05) is 17.7 Å². The van der Waals surface area contributed by atoms with Gasteiger partial charge in [-0.3, -0.25) is 4.68 Å². The first kappa shape index (κ1) is 10.5. The van der Waals surface area contributed by atoms with Crippen LogP contribution in [0, 0.1) is 0 Å². The van der Waals surface area contributed by atoms with Crippen molar-refractivity contribution in [1.29, 1.82) is 0 Å². The van der Waals surface area contributed by atoms with Crippen LogP contribution in [0.15, 0.2) is 18.2 Å². The summed E-state index contributed by atoms with van der Waals surface area (Å²) in [6.45, 7) is 2.12. The molecule has 1 unspecified atom stereocenters. The lowest BCUT2D eigenvalue weighted by molar-refractivity contribution is 0.652. The number of nitrogens with one attached hydrogen (secondary N) is 1. The van der Waals surface area contributed by atoms with Crippen molar-refractivity contribution in [3.63, 3.8) is 0 Å². The van der Waals surface area contributed by atoms with Crippen LogP contribution in [-0.2, 0) is 7.05 Å². The SMILES string of the molecule is CNC(C)c1ccc2c(Cl)nn(C)c2c1. The molecular formula is C11H14ClN3. The minimum atomic E-state index is 0.336. The van der Waals surface area contributed by atoms with Crippen molar-refractivity contribution in [2.24, 2.45) is 7.05 Å². The van der Waals surface area contributed by atoms with Gasteiger partial charge in [0.15, 0.2) is 5.15 Å². The zero-order chi connectivity index (χ0) is 11.0. The Morgan fingerprint density at radius 3 is 2.87 bits per heavy atom. The maximum Gasteiger partial charge on any atom is 0.158 e. The predicted octanol–water partition coefficient (Wildman–Crippen LogP) is 2.51. The fraction of sp³-hybridized carbons (Fsp3) is 0.364. The van der Waals surface area contributed by atoms with E-state index >= 15 is 0 Å². The lowest BCUT2D eigenvalue weighted by Crippen LogP contribution is -2.12. The van der Waals surface area contributed by atoms with E-state index < -0.39 is 0 Å². The number of aromatic nitrogens is 2. The largest absolute Gasteiger partial charge is 0.313 e. The second-order valence-electron chi connectivity index (χ2n) is 3.70. The first-order chi connectivity index (χ1) is 7.13. The fourth-order valence-corrected chi connectivity index (χ4v) is 1.94. The maximum absolute atomic E-state index is 6.00.